The maximum absolute atomic E-state index is 13.8. The molecule has 5 rings (SSSR count). The van der Waals surface area contributed by atoms with Crippen LogP contribution in [0.25, 0.3) is 11.0 Å². The Morgan fingerprint density at radius 2 is 1.85 bits per heavy atom. The van der Waals surface area contributed by atoms with Crippen molar-refractivity contribution in [3.8, 4) is 11.6 Å². The molecule has 4 aromatic rings. The molecule has 0 unspecified atom stereocenters. The first-order valence-electron chi connectivity index (χ1n) is 12.8. The van der Waals surface area contributed by atoms with Crippen LogP contribution in [0, 0.1) is 11.6 Å². The summed E-state index contributed by atoms with van der Waals surface area (Å²) in [6, 6.07) is 9.71. The first kappa shape index (κ1) is 27.9. The largest absolute Gasteiger partial charge is 0.483 e. The number of imidazole rings is 1. The van der Waals surface area contributed by atoms with Gasteiger partial charge in [-0.05, 0) is 43.2 Å². The fourth-order valence-electron chi connectivity index (χ4n) is 4.32. The lowest BCUT2D eigenvalue weighted by Gasteiger charge is -2.31. The van der Waals surface area contributed by atoms with Crippen LogP contribution in [-0.4, -0.2) is 54.7 Å². The summed E-state index contributed by atoms with van der Waals surface area (Å²) in [5.74, 6) is -0.894. The third-order valence-electron chi connectivity index (χ3n) is 6.34. The van der Waals surface area contributed by atoms with Gasteiger partial charge in [-0.2, -0.15) is 4.98 Å². The summed E-state index contributed by atoms with van der Waals surface area (Å²) in [5, 5.41) is 9.25. The molecule has 2 aromatic carbocycles. The van der Waals surface area contributed by atoms with Gasteiger partial charge in [0.05, 0.1) is 23.1 Å². The van der Waals surface area contributed by atoms with Crippen molar-refractivity contribution >= 4 is 17.0 Å². The van der Waals surface area contributed by atoms with Crippen LogP contribution >= 0.6 is 0 Å². The number of carboxylic acids is 1. The van der Waals surface area contributed by atoms with Crippen molar-refractivity contribution in [1.29, 1.82) is 0 Å². The predicted octanol–water partition coefficient (Wildman–Crippen LogP) is 4.99. The highest BCUT2D eigenvalue weighted by molar-refractivity contribution is 5.92. The van der Waals surface area contributed by atoms with Gasteiger partial charge in [0.1, 0.15) is 24.4 Å². The average molecular weight is 540 g/mol. The molecule has 1 saturated heterocycles. The number of rotatable bonds is 8. The Bertz CT molecular complexity index is 1440. The number of aryl methyl sites for hydroxylation is 1. The lowest BCUT2D eigenvalue weighted by molar-refractivity contribution is 0.0697. The Hall–Kier alpha value is -4.12. The second kappa shape index (κ2) is 12.6. The summed E-state index contributed by atoms with van der Waals surface area (Å²) < 4.78 is 40.2. The Kier molecular flexibility index (Phi) is 9.03. The van der Waals surface area contributed by atoms with Crippen molar-refractivity contribution in [3.05, 3.63) is 77.5 Å². The topological polar surface area (TPSA) is 103 Å². The van der Waals surface area contributed by atoms with E-state index < -0.39 is 17.6 Å². The normalized spacial score (nSPS) is 14.1. The van der Waals surface area contributed by atoms with Crippen LogP contribution in [0.4, 0.5) is 8.78 Å². The van der Waals surface area contributed by atoms with Crippen LogP contribution in [-0.2, 0) is 20.2 Å². The van der Waals surface area contributed by atoms with E-state index in [-0.39, 0.29) is 24.0 Å². The molecule has 0 radical (unpaired) electrons. The molecule has 0 bridgehead atoms. The molecule has 2 aromatic heterocycles. The average Bonchev–Trinajstić information content (AvgIpc) is 3.25. The number of hydrogen-bond donors (Lipinski definition) is 1. The maximum Gasteiger partial charge on any atom is 0.335 e. The summed E-state index contributed by atoms with van der Waals surface area (Å²) in [6.45, 7) is 6.18. The Balaban J connectivity index is 0.00000172. The maximum atomic E-state index is 13.8. The minimum atomic E-state index is -0.961. The monoisotopic (exact) mass is 539 g/mol. The van der Waals surface area contributed by atoms with Crippen molar-refractivity contribution in [2.45, 2.75) is 45.9 Å². The molecule has 0 amide bonds. The minimum absolute atomic E-state index is 0.0203. The molecule has 0 aliphatic carbocycles. The smallest absolute Gasteiger partial charge is 0.335 e. The third-order valence-corrected chi connectivity index (χ3v) is 6.34. The number of fused-ring (bicyclic) bond motifs is 1. The first-order chi connectivity index (χ1) is 18.9. The quantitative estimate of drug-likeness (QED) is 0.334. The molecule has 206 valence electrons. The van der Waals surface area contributed by atoms with E-state index >= 15 is 0 Å². The zero-order valence-corrected chi connectivity index (χ0v) is 22.1. The van der Waals surface area contributed by atoms with Crippen LogP contribution in [0.2, 0.25) is 0 Å². The van der Waals surface area contributed by atoms with E-state index in [4.69, 9.17) is 9.47 Å². The number of nitrogens with zero attached hydrogens (tertiary/aromatic N) is 5. The number of hydrogen-bond acceptors (Lipinski definition) is 7. The van der Waals surface area contributed by atoms with Crippen molar-refractivity contribution in [1.82, 2.24) is 24.4 Å². The number of carboxylic acid groups (broad SMARTS) is 1. The van der Waals surface area contributed by atoms with Gasteiger partial charge in [0.15, 0.2) is 17.4 Å². The molecule has 0 saturated carbocycles. The van der Waals surface area contributed by atoms with Gasteiger partial charge in [-0.25, -0.2) is 23.5 Å². The molecule has 1 aliphatic heterocycles. The molecule has 3 heterocycles. The molecular formula is C28H31F2N5O4. The SMILES string of the molecule is CC.Cn1c(CN2CCC(Oc3ccnc(COc4ccc(F)cc4F)n3)CC2)nc2ccc(C(=O)O)cc21. The van der Waals surface area contributed by atoms with Crippen molar-refractivity contribution in [2.24, 2.45) is 7.05 Å². The highest BCUT2D eigenvalue weighted by Gasteiger charge is 2.23. The molecule has 39 heavy (non-hydrogen) atoms. The summed E-state index contributed by atoms with van der Waals surface area (Å²) >= 11 is 0. The van der Waals surface area contributed by atoms with E-state index in [2.05, 4.69) is 19.9 Å². The van der Waals surface area contributed by atoms with Gasteiger partial charge >= 0.3 is 5.97 Å². The van der Waals surface area contributed by atoms with Gasteiger partial charge in [-0.15, -0.1) is 0 Å². The molecule has 9 nitrogen and oxygen atoms in total. The molecule has 0 spiro atoms. The number of aromatic nitrogens is 4. The lowest BCUT2D eigenvalue weighted by atomic mass is 10.1. The van der Waals surface area contributed by atoms with E-state index in [0.717, 1.165) is 54.9 Å². The molecule has 1 fully saturated rings. The number of piperidine rings is 1. The zero-order valence-electron chi connectivity index (χ0n) is 22.1. The van der Waals surface area contributed by atoms with Crippen LogP contribution in [0.3, 0.4) is 0 Å². The second-order valence-corrected chi connectivity index (χ2v) is 8.86. The highest BCUT2D eigenvalue weighted by Crippen LogP contribution is 2.22. The van der Waals surface area contributed by atoms with Crippen LogP contribution in [0.15, 0.2) is 48.7 Å². The Labute approximate surface area is 225 Å². The van der Waals surface area contributed by atoms with Crippen molar-refractivity contribution in [3.63, 3.8) is 0 Å². The summed E-state index contributed by atoms with van der Waals surface area (Å²) in [5.41, 5.74) is 1.80. The van der Waals surface area contributed by atoms with Gasteiger partial charge in [0, 0.05) is 38.5 Å². The molecule has 0 atom stereocenters. The van der Waals surface area contributed by atoms with Gasteiger partial charge in [0.2, 0.25) is 5.88 Å². The number of aromatic carboxylic acids is 1. The number of likely N-dealkylation sites (tertiary alicyclic amines) is 1. The summed E-state index contributed by atoms with van der Waals surface area (Å²) in [4.78, 5) is 26.7. The summed E-state index contributed by atoms with van der Waals surface area (Å²) in [7, 11) is 1.90. The van der Waals surface area contributed by atoms with E-state index in [1.165, 1.54) is 6.07 Å². The number of benzene rings is 2. The number of carbonyl (C=O) groups is 1. The molecular weight excluding hydrogens is 508 g/mol. The Morgan fingerprint density at radius 3 is 2.56 bits per heavy atom. The standard InChI is InChI=1S/C26H25F2N5O4.C2H6/c1-32-21-12-16(26(34)35)2-4-20(21)30-24(32)14-33-10-7-18(8-11-33)37-25-6-9-29-23(31-25)15-36-22-5-3-17(27)13-19(22)28;1-2/h2-6,9,12-13,18H,7-8,10-11,14-15H2,1H3,(H,34,35);1-2H3. The van der Waals surface area contributed by atoms with Gasteiger partial charge in [-0.3, -0.25) is 4.90 Å². The molecule has 1 aliphatic rings. The van der Waals surface area contributed by atoms with E-state index in [9.17, 15) is 18.7 Å². The van der Waals surface area contributed by atoms with Crippen LogP contribution < -0.4 is 9.47 Å². The van der Waals surface area contributed by atoms with E-state index in [1.807, 2.05) is 25.5 Å². The lowest BCUT2D eigenvalue weighted by Crippen LogP contribution is -2.38. The van der Waals surface area contributed by atoms with Gasteiger partial charge in [-0.1, -0.05) is 13.8 Å². The zero-order chi connectivity index (χ0) is 27.9. The molecule has 11 heteroatoms. The molecule has 1 N–H and O–H groups in total. The Morgan fingerprint density at radius 1 is 1.08 bits per heavy atom. The van der Waals surface area contributed by atoms with E-state index in [1.54, 1.807) is 30.5 Å². The van der Waals surface area contributed by atoms with Crippen LogP contribution in [0.5, 0.6) is 11.6 Å². The number of ether oxygens (including phenoxy) is 2. The fraction of sp³-hybridized carbons (Fsp3) is 0.357. The second-order valence-electron chi connectivity index (χ2n) is 8.86. The van der Waals surface area contributed by atoms with Gasteiger partial charge < -0.3 is 19.1 Å². The first-order valence-corrected chi connectivity index (χ1v) is 12.8. The van der Waals surface area contributed by atoms with Crippen LogP contribution in [0.1, 0.15) is 48.7 Å². The fourth-order valence-corrected chi connectivity index (χ4v) is 4.32. The van der Waals surface area contributed by atoms with E-state index in [0.29, 0.717) is 18.2 Å². The minimum Gasteiger partial charge on any atom is -0.483 e. The predicted molar refractivity (Wildman–Crippen MR) is 141 cm³/mol. The van der Waals surface area contributed by atoms with Crippen molar-refractivity contribution < 1.29 is 28.2 Å². The van der Waals surface area contributed by atoms with Gasteiger partial charge in [0.25, 0.3) is 0 Å². The van der Waals surface area contributed by atoms with Crippen molar-refractivity contribution in [2.75, 3.05) is 13.1 Å². The third kappa shape index (κ3) is 6.85. The number of halogens is 2. The highest BCUT2D eigenvalue weighted by atomic mass is 19.1. The summed E-state index contributed by atoms with van der Waals surface area (Å²) in [6.07, 6.45) is 3.12.